The van der Waals surface area contributed by atoms with Crippen LogP contribution in [0.2, 0.25) is 0 Å². The molecule has 3 aromatic carbocycles. The summed E-state index contributed by atoms with van der Waals surface area (Å²) in [6.45, 7) is 0.660. The van der Waals surface area contributed by atoms with Gasteiger partial charge in [0, 0.05) is 17.3 Å². The minimum Gasteiger partial charge on any atom is -0.489 e. The Morgan fingerprint density at radius 2 is 1.69 bits per heavy atom. The summed E-state index contributed by atoms with van der Waals surface area (Å²) in [6, 6.07) is 22.3. The van der Waals surface area contributed by atoms with E-state index in [1.807, 2.05) is 42.5 Å². The third kappa shape index (κ3) is 3.62. The van der Waals surface area contributed by atoms with Crippen LogP contribution in [0.4, 0.5) is 5.69 Å². The first-order chi connectivity index (χ1) is 12.8. The van der Waals surface area contributed by atoms with Crippen LogP contribution in [-0.4, -0.2) is 12.7 Å². The van der Waals surface area contributed by atoms with E-state index >= 15 is 0 Å². The molecule has 0 saturated heterocycles. The molecular weight excluding hydrogens is 330 g/mol. The average Bonchev–Trinajstić information content (AvgIpc) is 3.15. The molecule has 0 aromatic heterocycles. The molecule has 0 atom stereocenters. The third-order valence-corrected chi connectivity index (χ3v) is 4.00. The molecule has 0 fully saturated rings. The van der Waals surface area contributed by atoms with E-state index in [9.17, 15) is 4.79 Å². The molecule has 4 rings (SSSR count). The number of ether oxygens (including phenoxy) is 3. The number of para-hydroxylation sites is 1. The lowest BCUT2D eigenvalue weighted by Gasteiger charge is -2.08. The molecule has 1 aliphatic heterocycles. The molecule has 1 aliphatic rings. The predicted octanol–water partition coefficient (Wildman–Crippen LogP) is 4.25. The highest BCUT2D eigenvalue weighted by atomic mass is 16.7. The summed E-state index contributed by atoms with van der Waals surface area (Å²) in [5, 5.41) is 2.86. The van der Waals surface area contributed by atoms with Gasteiger partial charge in [-0.2, -0.15) is 0 Å². The van der Waals surface area contributed by atoms with E-state index in [2.05, 4.69) is 5.32 Å². The molecule has 26 heavy (non-hydrogen) atoms. The topological polar surface area (TPSA) is 56.8 Å². The summed E-state index contributed by atoms with van der Waals surface area (Å²) < 4.78 is 16.3. The van der Waals surface area contributed by atoms with Crippen LogP contribution in [-0.2, 0) is 6.61 Å². The van der Waals surface area contributed by atoms with Crippen LogP contribution in [0.15, 0.2) is 72.8 Å². The quantitative estimate of drug-likeness (QED) is 0.750. The Kier molecular flexibility index (Phi) is 4.43. The number of hydrogen-bond donors (Lipinski definition) is 1. The summed E-state index contributed by atoms with van der Waals surface area (Å²) in [5.74, 6) is 1.96. The van der Waals surface area contributed by atoms with E-state index in [-0.39, 0.29) is 12.7 Å². The van der Waals surface area contributed by atoms with Crippen molar-refractivity contribution in [3.8, 4) is 17.2 Å². The fourth-order valence-electron chi connectivity index (χ4n) is 2.61. The first kappa shape index (κ1) is 16.0. The van der Waals surface area contributed by atoms with Crippen LogP contribution in [0.3, 0.4) is 0 Å². The summed E-state index contributed by atoms with van der Waals surface area (Å²) >= 11 is 0. The van der Waals surface area contributed by atoms with Crippen molar-refractivity contribution >= 4 is 11.6 Å². The van der Waals surface area contributed by atoms with Gasteiger partial charge in [0.1, 0.15) is 12.4 Å². The van der Waals surface area contributed by atoms with E-state index in [4.69, 9.17) is 14.2 Å². The van der Waals surface area contributed by atoms with Gasteiger partial charge in [0.25, 0.3) is 5.91 Å². The standard InChI is InChI=1S/C21H17NO4/c23-21(22-17-10-11-19-20(12-17)26-14-25-19)16-8-6-15(7-9-16)13-24-18-4-2-1-3-5-18/h1-12H,13-14H2,(H,22,23). The van der Waals surface area contributed by atoms with Crippen molar-refractivity contribution in [3.05, 3.63) is 83.9 Å². The molecule has 3 aromatic rings. The normalized spacial score (nSPS) is 11.8. The van der Waals surface area contributed by atoms with Gasteiger partial charge in [0.05, 0.1) is 0 Å². The molecular formula is C21H17NO4. The number of amides is 1. The number of rotatable bonds is 5. The number of carbonyl (C=O) groups is 1. The van der Waals surface area contributed by atoms with Crippen LogP contribution in [0, 0.1) is 0 Å². The van der Waals surface area contributed by atoms with Gasteiger partial charge in [-0.1, -0.05) is 30.3 Å². The molecule has 0 saturated carbocycles. The minimum absolute atomic E-state index is 0.181. The van der Waals surface area contributed by atoms with Gasteiger partial charge in [-0.25, -0.2) is 0 Å². The molecule has 0 unspecified atom stereocenters. The fraction of sp³-hybridized carbons (Fsp3) is 0.0952. The zero-order chi connectivity index (χ0) is 17.8. The van der Waals surface area contributed by atoms with Crippen LogP contribution >= 0.6 is 0 Å². The van der Waals surface area contributed by atoms with Crippen LogP contribution in [0.1, 0.15) is 15.9 Å². The number of carbonyl (C=O) groups excluding carboxylic acids is 1. The predicted molar refractivity (Wildman–Crippen MR) is 97.7 cm³/mol. The lowest BCUT2D eigenvalue weighted by atomic mass is 10.1. The monoisotopic (exact) mass is 347 g/mol. The molecule has 5 heteroatoms. The SMILES string of the molecule is O=C(Nc1ccc2c(c1)OCO2)c1ccc(COc2ccccc2)cc1. The Hall–Kier alpha value is -3.47. The summed E-state index contributed by atoms with van der Waals surface area (Å²) in [6.07, 6.45) is 0. The highest BCUT2D eigenvalue weighted by Crippen LogP contribution is 2.34. The minimum atomic E-state index is -0.181. The Morgan fingerprint density at radius 3 is 2.50 bits per heavy atom. The second-order valence-corrected chi connectivity index (χ2v) is 5.82. The van der Waals surface area contributed by atoms with E-state index in [0.29, 0.717) is 29.4 Å². The maximum atomic E-state index is 12.4. The van der Waals surface area contributed by atoms with E-state index in [1.54, 1.807) is 30.3 Å². The van der Waals surface area contributed by atoms with Crippen LogP contribution < -0.4 is 19.5 Å². The number of nitrogens with one attached hydrogen (secondary N) is 1. The maximum Gasteiger partial charge on any atom is 0.255 e. The number of anilines is 1. The Labute approximate surface area is 151 Å². The van der Waals surface area contributed by atoms with Crippen molar-refractivity contribution < 1.29 is 19.0 Å². The first-order valence-corrected chi connectivity index (χ1v) is 8.26. The van der Waals surface area contributed by atoms with E-state index < -0.39 is 0 Å². The maximum absolute atomic E-state index is 12.4. The lowest BCUT2D eigenvalue weighted by molar-refractivity contribution is 0.102. The second-order valence-electron chi connectivity index (χ2n) is 5.82. The molecule has 0 aliphatic carbocycles. The second kappa shape index (κ2) is 7.19. The van der Waals surface area contributed by atoms with Crippen LogP contribution in [0.5, 0.6) is 17.2 Å². The van der Waals surface area contributed by atoms with Gasteiger partial charge in [-0.15, -0.1) is 0 Å². The third-order valence-electron chi connectivity index (χ3n) is 4.00. The molecule has 0 radical (unpaired) electrons. The Bertz CT molecular complexity index is 907. The van der Waals surface area contributed by atoms with Crippen molar-refractivity contribution in [2.75, 3.05) is 12.1 Å². The van der Waals surface area contributed by atoms with E-state index in [0.717, 1.165) is 11.3 Å². The van der Waals surface area contributed by atoms with Gasteiger partial charge < -0.3 is 19.5 Å². The zero-order valence-corrected chi connectivity index (χ0v) is 14.0. The Balaban J connectivity index is 1.37. The highest BCUT2D eigenvalue weighted by Gasteiger charge is 2.14. The van der Waals surface area contributed by atoms with Gasteiger partial charge in [0.2, 0.25) is 6.79 Å². The average molecular weight is 347 g/mol. The van der Waals surface area contributed by atoms with Crippen molar-refractivity contribution in [1.29, 1.82) is 0 Å². The molecule has 1 heterocycles. The van der Waals surface area contributed by atoms with Gasteiger partial charge in [0.15, 0.2) is 11.5 Å². The number of hydrogen-bond acceptors (Lipinski definition) is 4. The molecule has 5 nitrogen and oxygen atoms in total. The molecule has 1 N–H and O–H groups in total. The molecule has 0 spiro atoms. The summed E-state index contributed by atoms with van der Waals surface area (Å²) in [5.41, 5.74) is 2.23. The van der Waals surface area contributed by atoms with Crippen LogP contribution in [0.25, 0.3) is 0 Å². The van der Waals surface area contributed by atoms with Crippen molar-refractivity contribution in [2.24, 2.45) is 0 Å². The lowest BCUT2D eigenvalue weighted by Crippen LogP contribution is -2.11. The molecule has 130 valence electrons. The molecule has 0 bridgehead atoms. The van der Waals surface area contributed by atoms with Gasteiger partial charge in [-0.05, 0) is 42.0 Å². The largest absolute Gasteiger partial charge is 0.489 e. The van der Waals surface area contributed by atoms with E-state index in [1.165, 1.54) is 0 Å². The summed E-state index contributed by atoms with van der Waals surface area (Å²) in [4.78, 5) is 12.4. The van der Waals surface area contributed by atoms with Crippen molar-refractivity contribution in [1.82, 2.24) is 0 Å². The Morgan fingerprint density at radius 1 is 0.923 bits per heavy atom. The number of fused-ring (bicyclic) bond motifs is 1. The molecule has 1 amide bonds. The smallest absolute Gasteiger partial charge is 0.255 e. The number of benzene rings is 3. The van der Waals surface area contributed by atoms with Gasteiger partial charge >= 0.3 is 0 Å². The fourth-order valence-corrected chi connectivity index (χ4v) is 2.61. The highest BCUT2D eigenvalue weighted by molar-refractivity contribution is 6.04. The summed E-state index contributed by atoms with van der Waals surface area (Å²) in [7, 11) is 0. The van der Waals surface area contributed by atoms with Crippen molar-refractivity contribution in [2.45, 2.75) is 6.61 Å². The van der Waals surface area contributed by atoms with Gasteiger partial charge in [-0.3, -0.25) is 4.79 Å². The first-order valence-electron chi connectivity index (χ1n) is 8.26. The zero-order valence-electron chi connectivity index (χ0n) is 14.0. The van der Waals surface area contributed by atoms with Crippen molar-refractivity contribution in [3.63, 3.8) is 0 Å².